The van der Waals surface area contributed by atoms with Crippen molar-refractivity contribution in [3.63, 3.8) is 0 Å². The molecule has 4 aliphatic carbocycles. The molecule has 0 bridgehead atoms. The highest BCUT2D eigenvalue weighted by atomic mass is 19.2. The van der Waals surface area contributed by atoms with Crippen molar-refractivity contribution in [2.24, 2.45) is 66.0 Å². The fourth-order valence-electron chi connectivity index (χ4n) is 12.2. The molecule has 4 saturated carbocycles. The predicted molar refractivity (Wildman–Crippen MR) is 377 cm³/mol. The lowest BCUT2D eigenvalue weighted by Crippen LogP contribution is -2.59. The van der Waals surface area contributed by atoms with E-state index in [-0.39, 0.29) is 84.2 Å². The summed E-state index contributed by atoms with van der Waals surface area (Å²) in [5.74, 6) is -8.45. The van der Waals surface area contributed by atoms with Crippen LogP contribution in [0.4, 0.5) is 22.0 Å². The van der Waals surface area contributed by atoms with Gasteiger partial charge in [0.25, 0.3) is 0 Å². The van der Waals surface area contributed by atoms with Crippen LogP contribution in [0.5, 0.6) is 0 Å². The molecular weight excluding hydrogens is 1230 g/mol. The number of hydrogen-bond donors (Lipinski definition) is 6. The van der Waals surface area contributed by atoms with E-state index in [1.54, 1.807) is 20.8 Å². The van der Waals surface area contributed by atoms with Crippen LogP contribution in [0.2, 0.25) is 0 Å². The fourth-order valence-corrected chi connectivity index (χ4v) is 12.2. The van der Waals surface area contributed by atoms with Crippen LogP contribution in [-0.4, -0.2) is 79.7 Å². The minimum atomic E-state index is -2.22. The maximum absolute atomic E-state index is 13.4. The van der Waals surface area contributed by atoms with Gasteiger partial charge in [-0.05, 0) is 113 Å². The molecule has 1 aliphatic heterocycles. The molecule has 0 radical (unpaired) electrons. The standard InChI is InChI=1S/C17H27NO3.C13H14F5NO.C13H25NO.C12H23NO.2C11H23NO/c1-7-13(2,3)11(19)18-10-16-8-9-17(16)14(4,5)15(17,6)12(20)21-16;1-4-13(2,3)12(20)19-5-6-7(14)9(16)11(18)10(17)8(6)15;1-4-13(2,3)12(15)14-10-11-8-6-5-7-9-11;1-4-12(2,3)11(14)13-9-10-7-5-6-8-10;1-7-11(5,6)9(13)12-8-10(2,3)4;1-5-7-8-9-12-10(13)11(3,4)6-2/h7-10H2,1-6H3,(H,18,19);4-5H2,1-3H3,(H,19,20);11H,4-10H2,1-3H3,(H,14,15);10H,4-9H2,1-3H3,(H,13,14);7-8H2,1-6H3,(H,12,13);5-9H2,1-4H3,(H,12,13). The van der Waals surface area contributed by atoms with Gasteiger partial charge in [0.1, 0.15) is 5.60 Å². The van der Waals surface area contributed by atoms with Crippen LogP contribution in [-0.2, 0) is 44.8 Å². The summed E-state index contributed by atoms with van der Waals surface area (Å²) >= 11 is 0. The monoisotopic (exact) mass is 1370 g/mol. The lowest BCUT2D eigenvalue weighted by molar-refractivity contribution is -0.176. The summed E-state index contributed by atoms with van der Waals surface area (Å²) in [5.41, 5.74) is -3.84. The Kier molecular flexibility index (Phi) is 34.4. The molecule has 3 atom stereocenters. The van der Waals surface area contributed by atoms with E-state index in [1.807, 2.05) is 96.9 Å². The molecule has 1 saturated heterocycles. The number of unbranched alkanes of at least 4 members (excludes halogenated alkanes) is 2. The third-order valence-electron chi connectivity index (χ3n) is 22.9. The van der Waals surface area contributed by atoms with Crippen molar-refractivity contribution in [2.75, 3.05) is 32.7 Å². The maximum Gasteiger partial charge on any atom is 0.313 e. The van der Waals surface area contributed by atoms with E-state index in [0.717, 1.165) is 89.4 Å². The summed E-state index contributed by atoms with van der Waals surface area (Å²) in [6, 6.07) is 0. The lowest BCUT2D eigenvalue weighted by atomic mass is 9.61. The first-order valence-electron chi connectivity index (χ1n) is 36.4. The zero-order valence-electron chi connectivity index (χ0n) is 64.7. The Morgan fingerprint density at radius 2 is 0.771 bits per heavy atom. The Bertz CT molecular complexity index is 2680. The van der Waals surface area contributed by atoms with Crippen LogP contribution < -0.4 is 31.9 Å². The van der Waals surface area contributed by atoms with Gasteiger partial charge in [0.05, 0.1) is 12.0 Å². The third-order valence-corrected chi connectivity index (χ3v) is 22.9. The molecular formula is C77H135F5N6O8. The summed E-state index contributed by atoms with van der Waals surface area (Å²) in [6.07, 6.45) is 22.2. The van der Waals surface area contributed by atoms with Gasteiger partial charge in [-0.15, -0.1) is 0 Å². The Morgan fingerprint density at radius 3 is 1.10 bits per heavy atom. The number of halogens is 5. The number of carbonyl (C=O) groups excluding carboxylic acids is 7. The van der Waals surface area contributed by atoms with Crippen molar-refractivity contribution in [2.45, 2.75) is 314 Å². The molecule has 5 aliphatic rings. The summed E-state index contributed by atoms with van der Waals surface area (Å²) in [6.45, 7) is 53.0. The van der Waals surface area contributed by atoms with Crippen LogP contribution >= 0.6 is 0 Å². The smallest absolute Gasteiger partial charge is 0.313 e. The number of nitrogens with one attached hydrogen (secondary N) is 6. The average Bonchev–Trinajstić information content (AvgIpc) is 1.42. The van der Waals surface area contributed by atoms with E-state index < -0.39 is 58.1 Å². The highest BCUT2D eigenvalue weighted by molar-refractivity contribution is 5.90. The SMILES string of the molecule is CCC(C)(C)C(=O)NCC(C)(C)C.CCC(C)(C)C(=O)NCC12CCC13C(C)(C)C3(C)C(=O)O2.CCC(C)(C)C(=O)NCC1CCCC1.CCC(C)(C)C(=O)NCC1CCCCC1.CCC(C)(C)C(=O)NCc1c(F)c(F)c(F)c(F)c1F.CCCCCNC(=O)C(C)(C)CC. The van der Waals surface area contributed by atoms with Crippen LogP contribution in [0, 0.1) is 95.1 Å². The zero-order chi connectivity index (χ0) is 74.5. The first-order chi connectivity index (χ1) is 44.0. The van der Waals surface area contributed by atoms with Gasteiger partial charge in [0.15, 0.2) is 23.3 Å². The second-order valence-electron chi connectivity index (χ2n) is 33.7. The minimum Gasteiger partial charge on any atom is -0.456 e. The summed E-state index contributed by atoms with van der Waals surface area (Å²) in [4.78, 5) is 83.2. The van der Waals surface area contributed by atoms with E-state index in [0.29, 0.717) is 13.0 Å². The highest BCUT2D eigenvalue weighted by Crippen LogP contribution is 2.92. The van der Waals surface area contributed by atoms with Gasteiger partial charge in [0, 0.05) is 76.2 Å². The van der Waals surface area contributed by atoms with Crippen molar-refractivity contribution in [3.8, 4) is 0 Å². The molecule has 6 N–H and O–H groups in total. The molecule has 0 aromatic heterocycles. The van der Waals surface area contributed by atoms with Crippen molar-refractivity contribution in [1.82, 2.24) is 31.9 Å². The molecule has 3 unspecified atom stereocenters. The number of rotatable bonds is 25. The van der Waals surface area contributed by atoms with Crippen LogP contribution in [0.15, 0.2) is 0 Å². The second-order valence-corrected chi connectivity index (χ2v) is 33.7. The molecule has 1 heterocycles. The van der Waals surface area contributed by atoms with E-state index in [2.05, 4.69) is 87.3 Å². The van der Waals surface area contributed by atoms with Gasteiger partial charge in [0.2, 0.25) is 41.3 Å². The third kappa shape index (κ3) is 23.1. The minimum absolute atomic E-state index is 0.0292. The summed E-state index contributed by atoms with van der Waals surface area (Å²) in [7, 11) is 0. The molecule has 556 valence electrons. The van der Waals surface area contributed by atoms with E-state index in [4.69, 9.17) is 4.74 Å². The van der Waals surface area contributed by atoms with Crippen LogP contribution in [0.3, 0.4) is 0 Å². The van der Waals surface area contributed by atoms with Gasteiger partial charge in [-0.1, -0.05) is 211 Å². The van der Waals surface area contributed by atoms with E-state index in [9.17, 15) is 55.5 Å². The lowest BCUT2D eigenvalue weighted by Gasteiger charge is -2.49. The molecule has 96 heavy (non-hydrogen) atoms. The quantitative estimate of drug-likeness (QED) is 0.0182. The summed E-state index contributed by atoms with van der Waals surface area (Å²) in [5, 5.41) is 17.3. The fraction of sp³-hybridized carbons (Fsp3) is 0.831. The molecule has 19 heteroatoms. The number of amides is 6. The first kappa shape index (κ1) is 89.2. The molecule has 1 spiro atoms. The number of benzene rings is 1. The van der Waals surface area contributed by atoms with E-state index in [1.165, 1.54) is 70.6 Å². The summed E-state index contributed by atoms with van der Waals surface area (Å²) < 4.78 is 71.2. The number of ether oxygens (including phenoxy) is 1. The normalized spacial score (nSPS) is 20.6. The Morgan fingerprint density at radius 1 is 0.438 bits per heavy atom. The maximum atomic E-state index is 13.4. The highest BCUT2D eigenvalue weighted by Gasteiger charge is 2.97. The van der Waals surface area contributed by atoms with Crippen LogP contribution in [0.25, 0.3) is 0 Å². The van der Waals surface area contributed by atoms with Gasteiger partial charge in [-0.25, -0.2) is 22.0 Å². The van der Waals surface area contributed by atoms with Crippen LogP contribution in [0.1, 0.15) is 307 Å². The Hall–Kier alpha value is -4.84. The van der Waals surface area contributed by atoms with Gasteiger partial charge >= 0.3 is 5.97 Å². The van der Waals surface area contributed by atoms with Gasteiger partial charge in [-0.3, -0.25) is 33.6 Å². The number of hydrogen-bond acceptors (Lipinski definition) is 8. The Balaban J connectivity index is 0.000000583. The molecule has 1 aromatic rings. The van der Waals surface area contributed by atoms with E-state index >= 15 is 0 Å². The van der Waals surface area contributed by atoms with Gasteiger partial charge in [-0.2, -0.15) is 0 Å². The van der Waals surface area contributed by atoms with Crippen molar-refractivity contribution >= 4 is 41.4 Å². The molecule has 6 rings (SSSR count). The first-order valence-corrected chi connectivity index (χ1v) is 36.4. The number of esters is 1. The van der Waals surface area contributed by atoms with Gasteiger partial charge < -0.3 is 36.6 Å². The molecule has 6 amide bonds. The average molecular weight is 1370 g/mol. The molecule has 14 nitrogen and oxygen atoms in total. The van der Waals surface area contributed by atoms with Crippen molar-refractivity contribution < 1.29 is 60.3 Å². The zero-order valence-corrected chi connectivity index (χ0v) is 64.7. The van der Waals surface area contributed by atoms with Crippen molar-refractivity contribution in [3.05, 3.63) is 34.6 Å². The predicted octanol–water partition coefficient (Wildman–Crippen LogP) is 17.3. The number of carbonyl (C=O) groups is 7. The topological polar surface area (TPSA) is 201 Å². The van der Waals surface area contributed by atoms with Crippen molar-refractivity contribution in [1.29, 1.82) is 0 Å². The Labute approximate surface area is 578 Å². The molecule has 5 fully saturated rings. The second kappa shape index (κ2) is 37.0. The molecule has 1 aromatic carbocycles. The largest absolute Gasteiger partial charge is 0.456 e.